The summed E-state index contributed by atoms with van der Waals surface area (Å²) in [7, 11) is -2.06. The average Bonchev–Trinajstić information content (AvgIpc) is 3.53. The number of sulfonamides is 1. The lowest BCUT2D eigenvalue weighted by Crippen LogP contribution is -2.49. The first-order chi connectivity index (χ1) is 21.4. The van der Waals surface area contributed by atoms with Gasteiger partial charge in [-0.1, -0.05) is 67.4 Å². The molecule has 8 nitrogen and oxygen atoms in total. The molecule has 1 saturated carbocycles. The maximum atomic E-state index is 14.5. The zero-order valence-corrected chi connectivity index (χ0v) is 25.5. The molecule has 0 radical (unpaired) electrons. The van der Waals surface area contributed by atoms with Crippen LogP contribution in [0.4, 0.5) is 18.9 Å². The van der Waals surface area contributed by atoms with Crippen LogP contribution in [0.25, 0.3) is 21.9 Å². The molecular weight excluding hydrogens is 607 g/mol. The number of anilines is 1. The fourth-order valence-electron chi connectivity index (χ4n) is 6.53. The fraction of sp³-hybridized carbons (Fsp3) is 0.333. The van der Waals surface area contributed by atoms with Gasteiger partial charge in [0.05, 0.1) is 12.7 Å². The maximum Gasteiger partial charge on any atom is 0.416 e. The van der Waals surface area contributed by atoms with Gasteiger partial charge in [0.2, 0.25) is 0 Å². The number of hydrogen-bond acceptors (Lipinski definition) is 6. The van der Waals surface area contributed by atoms with Crippen molar-refractivity contribution >= 4 is 32.5 Å². The molecule has 0 amide bonds. The molecule has 1 fully saturated rings. The van der Waals surface area contributed by atoms with E-state index in [1.165, 1.54) is 19.2 Å². The molecular formula is C33H32F3N3O5S. The number of alkyl halides is 3. The molecule has 1 aliphatic carbocycles. The second-order valence-electron chi connectivity index (χ2n) is 11.6. The number of rotatable bonds is 6. The summed E-state index contributed by atoms with van der Waals surface area (Å²) in [5, 5.41) is 4.58. The van der Waals surface area contributed by atoms with Crippen molar-refractivity contribution in [3.8, 4) is 11.1 Å². The first-order valence-electron chi connectivity index (χ1n) is 14.7. The number of carbonyl (C=O) groups excluding carboxylic acids is 1. The highest BCUT2D eigenvalue weighted by atomic mass is 32.2. The molecule has 0 bridgehead atoms. The summed E-state index contributed by atoms with van der Waals surface area (Å²) in [5.41, 5.74) is -0.745. The van der Waals surface area contributed by atoms with Gasteiger partial charge in [0, 0.05) is 31.6 Å². The van der Waals surface area contributed by atoms with Gasteiger partial charge in [0.1, 0.15) is 11.7 Å². The minimum Gasteiger partial charge on any atom is -0.467 e. The second-order valence-corrected chi connectivity index (χ2v) is 13.5. The Labute approximate surface area is 258 Å². The van der Waals surface area contributed by atoms with E-state index in [9.17, 15) is 31.2 Å². The van der Waals surface area contributed by atoms with Crippen LogP contribution in [0.15, 0.2) is 76.6 Å². The minimum atomic E-state index is -4.72. The average molecular weight is 640 g/mol. The Morgan fingerprint density at radius 1 is 1.02 bits per heavy atom. The molecule has 1 aromatic heterocycles. The van der Waals surface area contributed by atoms with Crippen LogP contribution in [0.1, 0.15) is 48.4 Å². The second kappa shape index (κ2) is 11.6. The number of esters is 1. The van der Waals surface area contributed by atoms with Crippen LogP contribution in [0, 0.1) is 0 Å². The lowest BCUT2D eigenvalue weighted by molar-refractivity contribution is -0.145. The topological polar surface area (TPSA) is 97.7 Å². The van der Waals surface area contributed by atoms with E-state index < -0.39 is 44.4 Å². The van der Waals surface area contributed by atoms with Crippen molar-refractivity contribution in [3.63, 3.8) is 0 Å². The van der Waals surface area contributed by atoms with E-state index in [2.05, 4.69) is 5.32 Å². The standard InChI is InChI=1S/C33H32F3N3O5S/c1-38-19-27(32(41)44-2)39-30(40)29(37-24-14-4-5-15-24)26(18-21-11-7-10-20-9-3-6-16-25(20)21)28(31(39)45(38,42)43)22-12-8-13-23(17-22)33(34,35)36/h3,6-13,16-17,24,27,37H,4-5,14-15,18-19H2,1-2H3. The van der Waals surface area contributed by atoms with Crippen LogP contribution in [-0.2, 0) is 32.2 Å². The van der Waals surface area contributed by atoms with E-state index >= 15 is 0 Å². The molecule has 4 aromatic rings. The summed E-state index contributed by atoms with van der Waals surface area (Å²) < 4.78 is 77.2. The molecule has 1 N–H and O–H groups in total. The van der Waals surface area contributed by atoms with E-state index in [4.69, 9.17) is 4.74 Å². The Balaban J connectivity index is 1.76. The van der Waals surface area contributed by atoms with Crippen molar-refractivity contribution in [3.05, 3.63) is 93.8 Å². The van der Waals surface area contributed by atoms with Crippen molar-refractivity contribution in [1.82, 2.24) is 8.87 Å². The highest BCUT2D eigenvalue weighted by Crippen LogP contribution is 2.42. The van der Waals surface area contributed by atoms with Crippen LogP contribution >= 0.6 is 0 Å². The summed E-state index contributed by atoms with van der Waals surface area (Å²) in [5.74, 6) is -0.844. The molecule has 1 unspecified atom stereocenters. The van der Waals surface area contributed by atoms with Gasteiger partial charge in [-0.05, 0) is 52.4 Å². The third-order valence-electron chi connectivity index (χ3n) is 8.77. The number of benzene rings is 3. The number of fused-ring (bicyclic) bond motifs is 2. The molecule has 12 heteroatoms. The maximum absolute atomic E-state index is 14.5. The first-order valence-corrected chi connectivity index (χ1v) is 16.1. The Bertz CT molecular complexity index is 1960. The first kappa shape index (κ1) is 30.8. The molecule has 1 aliphatic heterocycles. The monoisotopic (exact) mass is 639 g/mol. The molecule has 2 heterocycles. The van der Waals surface area contributed by atoms with Gasteiger partial charge in [-0.25, -0.2) is 13.2 Å². The number of methoxy groups -OCH3 is 1. The zero-order chi connectivity index (χ0) is 32.1. The minimum absolute atomic E-state index is 0.0349. The number of pyridine rings is 1. The van der Waals surface area contributed by atoms with Crippen LogP contribution in [0.2, 0.25) is 0 Å². The van der Waals surface area contributed by atoms with Crippen molar-refractivity contribution in [2.75, 3.05) is 26.0 Å². The quantitative estimate of drug-likeness (QED) is 0.261. The molecule has 3 aromatic carbocycles. The molecule has 1 atom stereocenters. The van der Waals surface area contributed by atoms with Gasteiger partial charge in [-0.3, -0.25) is 9.36 Å². The molecule has 2 aliphatic rings. The summed E-state index contributed by atoms with van der Waals surface area (Å²) >= 11 is 0. The third kappa shape index (κ3) is 5.50. The molecule has 236 valence electrons. The van der Waals surface area contributed by atoms with Gasteiger partial charge in [0.25, 0.3) is 15.6 Å². The van der Waals surface area contributed by atoms with E-state index in [1.807, 2.05) is 42.5 Å². The summed E-state index contributed by atoms with van der Waals surface area (Å²) in [6, 6.07) is 16.1. The Morgan fingerprint density at radius 3 is 2.42 bits per heavy atom. The summed E-state index contributed by atoms with van der Waals surface area (Å²) in [4.78, 5) is 27.6. The predicted molar refractivity (Wildman–Crippen MR) is 165 cm³/mol. The largest absolute Gasteiger partial charge is 0.467 e. The van der Waals surface area contributed by atoms with Crippen molar-refractivity contribution < 1.29 is 31.1 Å². The van der Waals surface area contributed by atoms with Gasteiger partial charge in [0.15, 0.2) is 5.03 Å². The van der Waals surface area contributed by atoms with Gasteiger partial charge in [-0.15, -0.1) is 0 Å². The summed E-state index contributed by atoms with van der Waals surface area (Å²) in [6.45, 7) is -0.379. The van der Waals surface area contributed by atoms with Gasteiger partial charge in [-0.2, -0.15) is 17.5 Å². The number of hydrogen-bond donors (Lipinski definition) is 1. The number of ether oxygens (including phenoxy) is 1. The fourth-order valence-corrected chi connectivity index (χ4v) is 8.12. The number of nitrogens with zero attached hydrogens (tertiary/aromatic N) is 2. The van der Waals surface area contributed by atoms with Crippen LogP contribution in [-0.4, -0.2) is 50.0 Å². The van der Waals surface area contributed by atoms with E-state index in [0.717, 1.165) is 70.1 Å². The predicted octanol–water partition coefficient (Wildman–Crippen LogP) is 5.98. The van der Waals surface area contributed by atoms with Crippen LogP contribution in [0.5, 0.6) is 0 Å². The van der Waals surface area contributed by atoms with Crippen molar-refractivity contribution in [1.29, 1.82) is 0 Å². The number of aromatic nitrogens is 1. The smallest absolute Gasteiger partial charge is 0.416 e. The lowest BCUT2D eigenvalue weighted by Gasteiger charge is -2.35. The van der Waals surface area contributed by atoms with E-state index in [1.54, 1.807) is 0 Å². The number of likely N-dealkylation sites (N-methyl/N-ethyl adjacent to an activating group) is 1. The van der Waals surface area contributed by atoms with E-state index in [-0.39, 0.29) is 41.4 Å². The number of halogens is 3. The summed E-state index contributed by atoms with van der Waals surface area (Å²) in [6.07, 6.45) is -1.32. The van der Waals surface area contributed by atoms with Crippen molar-refractivity contribution in [2.24, 2.45) is 0 Å². The Morgan fingerprint density at radius 2 is 1.71 bits per heavy atom. The Hall–Kier alpha value is -4.16. The zero-order valence-electron chi connectivity index (χ0n) is 24.7. The molecule has 0 saturated heterocycles. The van der Waals surface area contributed by atoms with E-state index in [0.29, 0.717) is 0 Å². The van der Waals surface area contributed by atoms with Gasteiger partial charge < -0.3 is 10.1 Å². The Kier molecular flexibility index (Phi) is 7.98. The number of nitrogens with one attached hydrogen (secondary N) is 1. The lowest BCUT2D eigenvalue weighted by atomic mass is 9.91. The highest BCUT2D eigenvalue weighted by Gasteiger charge is 2.44. The van der Waals surface area contributed by atoms with Gasteiger partial charge >= 0.3 is 12.1 Å². The highest BCUT2D eigenvalue weighted by molar-refractivity contribution is 7.89. The number of carbonyl (C=O) groups is 1. The van der Waals surface area contributed by atoms with Crippen LogP contribution < -0.4 is 10.9 Å². The third-order valence-corrected chi connectivity index (χ3v) is 10.6. The normalized spacial score (nSPS) is 18.6. The molecule has 6 rings (SSSR count). The molecule has 0 spiro atoms. The molecule has 45 heavy (non-hydrogen) atoms. The SMILES string of the molecule is COC(=O)C1CN(C)S(=O)(=O)c2c(-c3cccc(C(F)(F)F)c3)c(Cc3cccc4ccccc34)c(NC3CCCC3)c(=O)n21. The van der Waals surface area contributed by atoms with Crippen LogP contribution in [0.3, 0.4) is 0 Å². The van der Waals surface area contributed by atoms with Crippen molar-refractivity contribution in [2.45, 2.75) is 55.4 Å².